The van der Waals surface area contributed by atoms with Crippen molar-refractivity contribution in [2.75, 3.05) is 19.3 Å². The number of hydrogen-bond donors (Lipinski definition) is 3. The monoisotopic (exact) mass is 299 g/mol. The Bertz CT molecular complexity index is 589. The highest BCUT2D eigenvalue weighted by Crippen LogP contribution is 2.18. The molecule has 1 aromatic rings. The number of carbonyl (C=O) groups excluding carboxylic acids is 1. The van der Waals surface area contributed by atoms with Gasteiger partial charge in [0.05, 0.1) is 10.3 Å². The summed E-state index contributed by atoms with van der Waals surface area (Å²) < 4.78 is 26.8. The van der Waals surface area contributed by atoms with Crippen LogP contribution in [0.3, 0.4) is 0 Å². The summed E-state index contributed by atoms with van der Waals surface area (Å²) in [5, 5.41) is 2.51. The van der Waals surface area contributed by atoms with Gasteiger partial charge >= 0.3 is 0 Å². The molecule has 1 amide bonds. The van der Waals surface area contributed by atoms with Gasteiger partial charge in [-0.3, -0.25) is 4.79 Å². The molecule has 0 atom stereocenters. The van der Waals surface area contributed by atoms with Gasteiger partial charge in [0.25, 0.3) is 0 Å². The van der Waals surface area contributed by atoms with Crippen LogP contribution in [0.2, 0.25) is 0 Å². The summed E-state index contributed by atoms with van der Waals surface area (Å²) in [6, 6.07) is 4.61. The highest BCUT2D eigenvalue weighted by Gasteiger charge is 2.29. The van der Waals surface area contributed by atoms with Crippen molar-refractivity contribution in [2.45, 2.75) is 25.7 Å². The second kappa shape index (κ2) is 5.80. The van der Waals surface area contributed by atoms with Crippen LogP contribution in [-0.4, -0.2) is 27.9 Å². The Morgan fingerprint density at radius 3 is 2.40 bits per heavy atom. The summed E-state index contributed by atoms with van der Waals surface area (Å²) in [6.45, 7) is 5.10. The van der Waals surface area contributed by atoms with Gasteiger partial charge < -0.3 is 11.1 Å². The summed E-state index contributed by atoms with van der Waals surface area (Å²) in [7, 11) is -2.18. The molecule has 0 spiro atoms. The topological polar surface area (TPSA) is 101 Å². The van der Waals surface area contributed by atoms with Crippen molar-refractivity contribution in [1.29, 1.82) is 0 Å². The second-order valence-electron chi connectivity index (χ2n) is 5.37. The van der Waals surface area contributed by atoms with Crippen LogP contribution in [0.25, 0.3) is 0 Å². The first-order valence-electron chi connectivity index (χ1n) is 6.17. The predicted octanol–water partition coefficient (Wildman–Crippen LogP) is 0.628. The maximum atomic E-state index is 12.2. The number of aryl methyl sites for hydroxylation is 1. The van der Waals surface area contributed by atoms with Gasteiger partial charge in [-0.15, -0.1) is 0 Å². The molecule has 0 aliphatic rings. The van der Waals surface area contributed by atoms with Gasteiger partial charge in [-0.2, -0.15) is 0 Å². The first-order chi connectivity index (χ1) is 9.08. The molecule has 0 aliphatic carbocycles. The van der Waals surface area contributed by atoms with Crippen LogP contribution >= 0.6 is 0 Å². The molecule has 1 aromatic carbocycles. The van der Waals surface area contributed by atoms with Crippen LogP contribution in [0.5, 0.6) is 0 Å². The Hall–Kier alpha value is -1.60. The van der Waals surface area contributed by atoms with Crippen LogP contribution in [0.4, 0.5) is 5.69 Å². The smallest absolute Gasteiger partial charge is 0.240 e. The lowest BCUT2D eigenvalue weighted by molar-refractivity contribution is -0.128. The van der Waals surface area contributed by atoms with E-state index in [1.807, 2.05) is 0 Å². The third-order valence-corrected chi connectivity index (χ3v) is 4.31. The van der Waals surface area contributed by atoms with Crippen molar-refractivity contribution >= 4 is 21.6 Å². The molecular weight excluding hydrogens is 278 g/mol. The molecule has 6 nitrogen and oxygen atoms in total. The van der Waals surface area contributed by atoms with Crippen molar-refractivity contribution in [1.82, 2.24) is 10.0 Å². The van der Waals surface area contributed by atoms with Gasteiger partial charge in [-0.25, -0.2) is 13.1 Å². The predicted molar refractivity (Wildman–Crippen MR) is 78.6 cm³/mol. The quantitative estimate of drug-likeness (QED) is 0.694. The van der Waals surface area contributed by atoms with Crippen molar-refractivity contribution < 1.29 is 13.2 Å². The number of nitrogens with two attached hydrogens (primary N) is 1. The van der Waals surface area contributed by atoms with Gasteiger partial charge in [0.2, 0.25) is 15.9 Å². The molecule has 0 fully saturated rings. The van der Waals surface area contributed by atoms with Crippen LogP contribution < -0.4 is 15.8 Å². The molecule has 4 N–H and O–H groups in total. The van der Waals surface area contributed by atoms with E-state index >= 15 is 0 Å². The Kier molecular flexibility index (Phi) is 4.77. The highest BCUT2D eigenvalue weighted by atomic mass is 32.2. The highest BCUT2D eigenvalue weighted by molar-refractivity contribution is 7.89. The van der Waals surface area contributed by atoms with E-state index in [2.05, 4.69) is 10.0 Å². The molecule has 0 aromatic heterocycles. The maximum absolute atomic E-state index is 12.2. The number of carbonyl (C=O) groups is 1. The van der Waals surface area contributed by atoms with Gasteiger partial charge in [0.15, 0.2) is 0 Å². The number of nitrogens with one attached hydrogen (secondary N) is 2. The second-order valence-corrected chi connectivity index (χ2v) is 7.13. The molecule has 0 saturated heterocycles. The Morgan fingerprint density at radius 2 is 1.90 bits per heavy atom. The zero-order chi connectivity index (χ0) is 15.6. The third-order valence-electron chi connectivity index (χ3n) is 2.93. The van der Waals surface area contributed by atoms with Crippen molar-refractivity contribution in [3.05, 3.63) is 23.8 Å². The fraction of sp³-hybridized carbons (Fsp3) is 0.462. The van der Waals surface area contributed by atoms with E-state index in [-0.39, 0.29) is 17.3 Å². The minimum absolute atomic E-state index is 0.00283. The number of benzene rings is 1. The van der Waals surface area contributed by atoms with Crippen molar-refractivity contribution in [3.63, 3.8) is 0 Å². The number of amides is 1. The van der Waals surface area contributed by atoms with Crippen molar-refractivity contribution in [2.24, 2.45) is 5.41 Å². The lowest BCUT2D eigenvalue weighted by atomic mass is 9.93. The maximum Gasteiger partial charge on any atom is 0.240 e. The molecule has 1 rings (SSSR count). The molecule has 0 saturated carbocycles. The van der Waals surface area contributed by atoms with Crippen LogP contribution in [-0.2, 0) is 14.8 Å². The van der Waals surface area contributed by atoms with E-state index in [0.29, 0.717) is 5.69 Å². The molecule has 0 bridgehead atoms. The van der Waals surface area contributed by atoms with E-state index in [4.69, 9.17) is 5.73 Å². The molecule has 112 valence electrons. The number of nitrogen functional groups attached to an aromatic ring is 1. The van der Waals surface area contributed by atoms with E-state index < -0.39 is 15.4 Å². The van der Waals surface area contributed by atoms with E-state index in [1.165, 1.54) is 19.2 Å². The summed E-state index contributed by atoms with van der Waals surface area (Å²) in [4.78, 5) is 11.7. The average molecular weight is 299 g/mol. The zero-order valence-corrected chi connectivity index (χ0v) is 13.0. The molecule has 0 radical (unpaired) electrons. The Labute approximate surface area is 119 Å². The zero-order valence-electron chi connectivity index (χ0n) is 12.1. The van der Waals surface area contributed by atoms with Gasteiger partial charge in [0.1, 0.15) is 0 Å². The van der Waals surface area contributed by atoms with E-state index in [1.54, 1.807) is 26.8 Å². The molecule has 0 heterocycles. The first kappa shape index (κ1) is 16.5. The number of hydrogen-bond acceptors (Lipinski definition) is 4. The lowest BCUT2D eigenvalue weighted by Gasteiger charge is -2.22. The number of sulfonamides is 1. The minimum Gasteiger partial charge on any atom is -0.399 e. The number of anilines is 1. The van der Waals surface area contributed by atoms with Crippen molar-refractivity contribution in [3.8, 4) is 0 Å². The largest absolute Gasteiger partial charge is 0.399 e. The third kappa shape index (κ3) is 3.94. The minimum atomic E-state index is -3.69. The standard InChI is InChI=1S/C13H21N3O3S/c1-9-5-10(14)7-11(6-9)20(18,19)16-8-13(2,3)12(17)15-4/h5-7,16H,8,14H2,1-4H3,(H,15,17). The van der Waals surface area contributed by atoms with E-state index in [9.17, 15) is 13.2 Å². The van der Waals surface area contributed by atoms with Gasteiger partial charge in [-0.1, -0.05) is 0 Å². The fourth-order valence-corrected chi connectivity index (χ4v) is 3.06. The summed E-state index contributed by atoms with van der Waals surface area (Å²) in [5.41, 5.74) is 5.96. The Balaban J connectivity index is 2.93. The molecule has 0 unspecified atom stereocenters. The average Bonchev–Trinajstić information content (AvgIpc) is 2.34. The first-order valence-corrected chi connectivity index (χ1v) is 7.66. The van der Waals surface area contributed by atoms with Gasteiger partial charge in [-0.05, 0) is 44.5 Å². The lowest BCUT2D eigenvalue weighted by Crippen LogP contribution is -2.43. The van der Waals surface area contributed by atoms with Crippen LogP contribution in [0, 0.1) is 12.3 Å². The Morgan fingerprint density at radius 1 is 1.30 bits per heavy atom. The fourth-order valence-electron chi connectivity index (χ4n) is 1.71. The number of rotatable bonds is 5. The molecule has 7 heteroatoms. The molecular formula is C13H21N3O3S. The molecule has 20 heavy (non-hydrogen) atoms. The van der Waals surface area contributed by atoms with E-state index in [0.717, 1.165) is 5.56 Å². The summed E-state index contributed by atoms with van der Waals surface area (Å²) in [5.74, 6) is -0.232. The summed E-state index contributed by atoms with van der Waals surface area (Å²) in [6.07, 6.45) is 0. The normalized spacial score (nSPS) is 12.2. The van der Waals surface area contributed by atoms with Crippen LogP contribution in [0.1, 0.15) is 19.4 Å². The summed E-state index contributed by atoms with van der Waals surface area (Å²) >= 11 is 0. The van der Waals surface area contributed by atoms with Crippen LogP contribution in [0.15, 0.2) is 23.1 Å². The molecule has 0 aliphatic heterocycles. The SMILES string of the molecule is CNC(=O)C(C)(C)CNS(=O)(=O)c1cc(C)cc(N)c1. The van der Waals surface area contributed by atoms with Gasteiger partial charge in [0, 0.05) is 19.3 Å².